The second kappa shape index (κ2) is 5.55. The molecule has 0 bridgehead atoms. The smallest absolute Gasteiger partial charge is 0.159 e. The first kappa shape index (κ1) is 15.1. The van der Waals surface area contributed by atoms with Crippen molar-refractivity contribution in [3.8, 4) is 0 Å². The molecule has 0 amide bonds. The predicted molar refractivity (Wildman–Crippen MR) is 97.1 cm³/mol. The number of pyridine rings is 1. The van der Waals surface area contributed by atoms with Gasteiger partial charge in [-0.15, -0.1) is 0 Å². The molecule has 0 N–H and O–H groups in total. The first-order valence-electron chi connectivity index (χ1n) is 8.35. The van der Waals surface area contributed by atoms with Crippen molar-refractivity contribution < 1.29 is 4.39 Å². The van der Waals surface area contributed by atoms with Crippen molar-refractivity contribution in [2.75, 3.05) is 11.4 Å². The Balaban J connectivity index is 1.92. The Morgan fingerprint density at radius 2 is 2.04 bits per heavy atom. The molecular weight excluding hydrogens is 301 g/mol. The lowest BCUT2D eigenvalue weighted by atomic mass is 9.80. The van der Waals surface area contributed by atoms with E-state index in [1.165, 1.54) is 0 Å². The normalized spacial score (nSPS) is 18.0. The van der Waals surface area contributed by atoms with Gasteiger partial charge in [0.25, 0.3) is 0 Å². The zero-order valence-electron chi connectivity index (χ0n) is 13.6. The summed E-state index contributed by atoms with van der Waals surface area (Å²) in [6.45, 7) is 8.29. The Hall–Kier alpha value is -2.49. The maximum atomic E-state index is 14.7. The molecule has 1 fully saturated rings. The molecule has 2 aromatic rings. The third-order valence-corrected chi connectivity index (χ3v) is 5.40. The maximum Gasteiger partial charge on any atom is 0.159 e. The van der Waals surface area contributed by atoms with E-state index in [1.54, 1.807) is 24.4 Å². The minimum atomic E-state index is -0.107. The second-order valence-corrected chi connectivity index (χ2v) is 6.64. The summed E-state index contributed by atoms with van der Waals surface area (Å²) in [6, 6.07) is 7.20. The van der Waals surface area contributed by atoms with Crippen LogP contribution in [-0.4, -0.2) is 18.2 Å². The average Bonchev–Trinajstić information content (AvgIpc) is 3.20. The number of aliphatic imine (C=N–C) groups is 1. The predicted octanol–water partition coefficient (Wildman–Crippen LogP) is 5.16. The molecule has 3 nitrogen and oxygen atoms in total. The number of hydrogen-bond donors (Lipinski definition) is 0. The number of nitrogens with zero attached hydrogens (tertiary/aromatic N) is 3. The summed E-state index contributed by atoms with van der Waals surface area (Å²) in [6.07, 6.45) is 7.84. The summed E-state index contributed by atoms with van der Waals surface area (Å²) < 4.78 is 14.7. The monoisotopic (exact) mass is 321 g/mol. The van der Waals surface area contributed by atoms with Crippen molar-refractivity contribution in [2.24, 2.45) is 4.99 Å². The zero-order chi connectivity index (χ0) is 16.7. The fraction of sp³-hybridized carbons (Fsp3) is 0.300. The summed E-state index contributed by atoms with van der Waals surface area (Å²) in [5.41, 5.74) is 3.25. The largest absolute Gasteiger partial charge is 0.323 e. The van der Waals surface area contributed by atoms with Gasteiger partial charge >= 0.3 is 0 Å². The van der Waals surface area contributed by atoms with Crippen molar-refractivity contribution in [3.05, 3.63) is 54.0 Å². The van der Waals surface area contributed by atoms with Gasteiger partial charge in [-0.2, -0.15) is 0 Å². The van der Waals surface area contributed by atoms with E-state index in [2.05, 4.69) is 28.2 Å². The van der Waals surface area contributed by atoms with Gasteiger partial charge in [-0.05, 0) is 37.8 Å². The van der Waals surface area contributed by atoms with Crippen LogP contribution in [0.1, 0.15) is 36.8 Å². The van der Waals surface area contributed by atoms with Crippen LogP contribution in [0, 0.1) is 5.82 Å². The number of anilines is 2. The van der Waals surface area contributed by atoms with Crippen molar-refractivity contribution in [1.82, 2.24) is 4.98 Å². The van der Waals surface area contributed by atoms with Gasteiger partial charge in [0.2, 0.25) is 0 Å². The number of fused-ring (bicyclic) bond motifs is 2. The molecule has 1 aliphatic heterocycles. The number of benzene rings is 1. The third kappa shape index (κ3) is 2.02. The molecule has 0 radical (unpaired) electrons. The zero-order valence-corrected chi connectivity index (χ0v) is 13.6. The molecule has 2 aliphatic rings. The minimum Gasteiger partial charge on any atom is -0.323 e. The highest BCUT2D eigenvalue weighted by Crippen LogP contribution is 2.54. The van der Waals surface area contributed by atoms with Gasteiger partial charge in [0, 0.05) is 35.0 Å². The number of aromatic nitrogens is 1. The van der Waals surface area contributed by atoms with Gasteiger partial charge in [-0.3, -0.25) is 4.99 Å². The van der Waals surface area contributed by atoms with E-state index in [0.717, 1.165) is 54.9 Å². The molecule has 4 rings (SSSR count). The van der Waals surface area contributed by atoms with Crippen LogP contribution in [0.2, 0.25) is 0 Å². The summed E-state index contributed by atoms with van der Waals surface area (Å²) in [7, 11) is 0. The van der Waals surface area contributed by atoms with Crippen LogP contribution >= 0.6 is 0 Å². The summed E-state index contributed by atoms with van der Waals surface area (Å²) in [4.78, 5) is 10.8. The van der Waals surface area contributed by atoms with Crippen molar-refractivity contribution >= 4 is 30.0 Å². The molecule has 1 aromatic carbocycles. The Morgan fingerprint density at radius 1 is 1.25 bits per heavy atom. The van der Waals surface area contributed by atoms with E-state index in [9.17, 15) is 4.39 Å². The Labute approximate surface area is 141 Å². The van der Waals surface area contributed by atoms with Crippen molar-refractivity contribution in [3.63, 3.8) is 0 Å². The molecule has 0 atom stereocenters. The van der Waals surface area contributed by atoms with Crippen LogP contribution in [-0.2, 0) is 5.41 Å². The topological polar surface area (TPSA) is 28.5 Å². The Bertz CT molecular complexity index is 822. The molecule has 1 saturated carbocycles. The molecule has 0 saturated heterocycles. The lowest BCUT2D eigenvalue weighted by Gasteiger charge is -2.26. The third-order valence-electron chi connectivity index (χ3n) is 5.40. The lowest BCUT2D eigenvalue weighted by molar-refractivity contribution is 0.451. The molecular formula is C20H20FN3. The summed E-state index contributed by atoms with van der Waals surface area (Å²) in [5.74, 6) is 0.628. The van der Waals surface area contributed by atoms with Crippen molar-refractivity contribution in [2.45, 2.75) is 31.1 Å². The van der Waals surface area contributed by atoms with Crippen LogP contribution in [0.4, 0.5) is 21.6 Å². The Morgan fingerprint density at radius 3 is 2.75 bits per heavy atom. The molecule has 2 heterocycles. The van der Waals surface area contributed by atoms with E-state index in [0.29, 0.717) is 5.69 Å². The first-order chi connectivity index (χ1) is 11.7. The van der Waals surface area contributed by atoms with Crippen LogP contribution in [0.5, 0.6) is 0 Å². The SMILES string of the molecule is C=Cc1ccnc(N2CC3(CCCC3)c3c(F)cccc32)c1N=C. The second-order valence-electron chi connectivity index (χ2n) is 6.64. The van der Waals surface area contributed by atoms with E-state index in [1.807, 2.05) is 12.1 Å². The lowest BCUT2D eigenvalue weighted by Crippen LogP contribution is -2.29. The highest BCUT2D eigenvalue weighted by Gasteiger charge is 2.47. The van der Waals surface area contributed by atoms with Crippen LogP contribution < -0.4 is 4.90 Å². The number of halogens is 1. The maximum absolute atomic E-state index is 14.7. The summed E-state index contributed by atoms with van der Waals surface area (Å²) in [5, 5.41) is 0. The van der Waals surface area contributed by atoms with Gasteiger partial charge in [-0.25, -0.2) is 9.37 Å². The minimum absolute atomic E-state index is 0.106. The van der Waals surface area contributed by atoms with E-state index < -0.39 is 0 Å². The number of hydrogen-bond acceptors (Lipinski definition) is 3. The number of rotatable bonds is 3. The molecule has 1 spiro atoms. The van der Waals surface area contributed by atoms with Gasteiger partial charge in [-0.1, -0.05) is 31.6 Å². The van der Waals surface area contributed by atoms with E-state index in [4.69, 9.17) is 0 Å². The van der Waals surface area contributed by atoms with Gasteiger partial charge in [0.15, 0.2) is 5.82 Å². The fourth-order valence-electron chi connectivity index (χ4n) is 4.36. The Kier molecular flexibility index (Phi) is 3.48. The van der Waals surface area contributed by atoms with Crippen molar-refractivity contribution in [1.29, 1.82) is 0 Å². The van der Waals surface area contributed by atoms with Crippen LogP contribution in [0.3, 0.4) is 0 Å². The molecule has 1 aliphatic carbocycles. The van der Waals surface area contributed by atoms with E-state index >= 15 is 0 Å². The molecule has 1 aromatic heterocycles. The highest BCUT2D eigenvalue weighted by atomic mass is 19.1. The standard InChI is InChI=1S/C20H20FN3/c1-3-14-9-12-23-19(18(14)22-2)24-13-20(10-4-5-11-20)17-15(21)7-6-8-16(17)24/h3,6-9,12H,1-2,4-5,10-11,13H2. The van der Waals surface area contributed by atoms with Crippen LogP contribution in [0.15, 0.2) is 42.0 Å². The fourth-order valence-corrected chi connectivity index (χ4v) is 4.36. The highest BCUT2D eigenvalue weighted by molar-refractivity contribution is 5.82. The first-order valence-corrected chi connectivity index (χ1v) is 8.35. The molecule has 0 unspecified atom stereocenters. The van der Waals surface area contributed by atoms with Gasteiger partial charge in [0.05, 0.1) is 0 Å². The van der Waals surface area contributed by atoms with Crippen LogP contribution in [0.25, 0.3) is 6.08 Å². The molecule has 4 heteroatoms. The van der Waals surface area contributed by atoms with Gasteiger partial charge < -0.3 is 4.90 Å². The molecule has 24 heavy (non-hydrogen) atoms. The quantitative estimate of drug-likeness (QED) is 0.731. The van der Waals surface area contributed by atoms with E-state index in [-0.39, 0.29) is 11.2 Å². The summed E-state index contributed by atoms with van der Waals surface area (Å²) >= 11 is 0. The average molecular weight is 321 g/mol. The molecule has 122 valence electrons. The van der Waals surface area contributed by atoms with Gasteiger partial charge in [0.1, 0.15) is 11.5 Å².